The van der Waals surface area contributed by atoms with Crippen molar-refractivity contribution in [3.63, 3.8) is 0 Å². The molecule has 3 rings (SSSR count). The Morgan fingerprint density at radius 2 is 2.25 bits per heavy atom. The Labute approximate surface area is 94.3 Å². The van der Waals surface area contributed by atoms with Crippen molar-refractivity contribution in [3.05, 3.63) is 0 Å². The summed E-state index contributed by atoms with van der Waals surface area (Å²) in [6, 6.07) is 0. The van der Waals surface area contributed by atoms with Gasteiger partial charge in [0, 0.05) is 5.92 Å². The molecule has 0 N–H and O–H groups in total. The molecular weight excluding hydrogens is 208 g/mol. The molecule has 16 heavy (non-hydrogen) atoms. The summed E-state index contributed by atoms with van der Waals surface area (Å²) in [6.45, 7) is 0. The number of esters is 2. The monoisotopic (exact) mass is 224 g/mol. The predicted molar refractivity (Wildman–Crippen MR) is 54.4 cm³/mol. The minimum absolute atomic E-state index is 0.0344. The molecule has 0 aromatic rings. The lowest BCUT2D eigenvalue weighted by Crippen LogP contribution is -2.42. The molecule has 0 aromatic heterocycles. The van der Waals surface area contributed by atoms with Crippen LogP contribution < -0.4 is 0 Å². The number of ether oxygens (including phenoxy) is 2. The molecule has 4 atom stereocenters. The highest BCUT2D eigenvalue weighted by Gasteiger charge is 2.68. The second kappa shape index (κ2) is 3.22. The zero-order valence-electron chi connectivity index (χ0n) is 9.40. The summed E-state index contributed by atoms with van der Waals surface area (Å²) in [5.41, 5.74) is -0.954. The topological polar surface area (TPSA) is 52.6 Å². The van der Waals surface area contributed by atoms with E-state index in [2.05, 4.69) is 0 Å². The average Bonchev–Trinajstić information content (AvgIpc) is 2.82. The fourth-order valence-corrected chi connectivity index (χ4v) is 3.98. The normalized spacial score (nSPS) is 45.1. The van der Waals surface area contributed by atoms with E-state index in [1.54, 1.807) is 0 Å². The van der Waals surface area contributed by atoms with Gasteiger partial charge in [-0.2, -0.15) is 0 Å². The molecule has 3 aliphatic rings. The third-order valence-electron chi connectivity index (χ3n) is 4.62. The van der Waals surface area contributed by atoms with Crippen LogP contribution in [-0.4, -0.2) is 25.2 Å². The van der Waals surface area contributed by atoms with Gasteiger partial charge in [0.25, 0.3) is 0 Å². The van der Waals surface area contributed by atoms with Crippen LogP contribution in [0.2, 0.25) is 0 Å². The lowest BCUT2D eigenvalue weighted by Gasteiger charge is -2.31. The van der Waals surface area contributed by atoms with Crippen molar-refractivity contribution in [1.29, 1.82) is 0 Å². The van der Waals surface area contributed by atoms with Gasteiger partial charge < -0.3 is 9.47 Å². The fraction of sp³-hybridized carbons (Fsp3) is 0.833. The Kier molecular flexibility index (Phi) is 2.03. The first kappa shape index (κ1) is 10.1. The van der Waals surface area contributed by atoms with E-state index in [0.717, 1.165) is 25.7 Å². The number of carbonyl (C=O) groups is 2. The number of rotatable bonds is 1. The molecule has 88 valence electrons. The van der Waals surface area contributed by atoms with E-state index in [4.69, 9.17) is 9.47 Å². The summed E-state index contributed by atoms with van der Waals surface area (Å²) in [5.74, 6) is -0.154. The van der Waals surface area contributed by atoms with Crippen molar-refractivity contribution in [2.75, 3.05) is 7.11 Å². The lowest BCUT2D eigenvalue weighted by atomic mass is 9.70. The van der Waals surface area contributed by atoms with E-state index in [-0.39, 0.29) is 24.0 Å². The molecule has 1 saturated heterocycles. The van der Waals surface area contributed by atoms with Crippen LogP contribution in [0.1, 0.15) is 32.1 Å². The van der Waals surface area contributed by atoms with Gasteiger partial charge in [0.05, 0.1) is 7.11 Å². The maximum absolute atomic E-state index is 12.0. The van der Waals surface area contributed by atoms with E-state index in [0.29, 0.717) is 12.3 Å². The van der Waals surface area contributed by atoms with Gasteiger partial charge in [-0.05, 0) is 38.0 Å². The molecule has 0 spiro atoms. The van der Waals surface area contributed by atoms with Crippen LogP contribution in [0.5, 0.6) is 0 Å². The highest BCUT2D eigenvalue weighted by atomic mass is 16.6. The molecule has 1 aliphatic heterocycles. The quantitative estimate of drug-likeness (QED) is 0.497. The maximum atomic E-state index is 12.0. The Balaban J connectivity index is 2.03. The Morgan fingerprint density at radius 3 is 3.00 bits per heavy atom. The van der Waals surface area contributed by atoms with Crippen LogP contribution in [0.4, 0.5) is 0 Å². The summed E-state index contributed by atoms with van der Waals surface area (Å²) in [4.78, 5) is 23.9. The molecule has 1 heterocycles. The molecular formula is C12H16O4. The van der Waals surface area contributed by atoms with Crippen molar-refractivity contribution in [2.45, 2.75) is 38.2 Å². The maximum Gasteiger partial charge on any atom is 0.324 e. The molecule has 4 heteroatoms. The summed E-state index contributed by atoms with van der Waals surface area (Å²) >= 11 is 0. The zero-order chi connectivity index (χ0) is 11.3. The van der Waals surface area contributed by atoms with Crippen molar-refractivity contribution in [1.82, 2.24) is 0 Å². The Morgan fingerprint density at radius 1 is 1.44 bits per heavy atom. The van der Waals surface area contributed by atoms with Crippen LogP contribution >= 0.6 is 0 Å². The first-order valence-corrected chi connectivity index (χ1v) is 5.99. The van der Waals surface area contributed by atoms with Gasteiger partial charge in [-0.25, -0.2) is 0 Å². The van der Waals surface area contributed by atoms with E-state index in [1.807, 2.05) is 0 Å². The second-order valence-corrected chi connectivity index (χ2v) is 5.16. The molecule has 3 fully saturated rings. The van der Waals surface area contributed by atoms with E-state index < -0.39 is 5.41 Å². The van der Waals surface area contributed by atoms with Crippen molar-refractivity contribution < 1.29 is 19.1 Å². The smallest absolute Gasteiger partial charge is 0.324 e. The largest absolute Gasteiger partial charge is 0.468 e. The van der Waals surface area contributed by atoms with Gasteiger partial charge in [0.1, 0.15) is 6.10 Å². The zero-order valence-corrected chi connectivity index (χ0v) is 9.40. The SMILES string of the molecule is COC(=O)[C@]12CC[C@@H]3CCC[C@H](OC1=O)[C@@H]32. The van der Waals surface area contributed by atoms with Crippen LogP contribution in [0.25, 0.3) is 0 Å². The first-order chi connectivity index (χ1) is 7.70. The van der Waals surface area contributed by atoms with Crippen LogP contribution in [-0.2, 0) is 19.1 Å². The summed E-state index contributed by atoms with van der Waals surface area (Å²) in [6.07, 6.45) is 4.68. The van der Waals surface area contributed by atoms with Crippen molar-refractivity contribution >= 4 is 11.9 Å². The van der Waals surface area contributed by atoms with E-state index >= 15 is 0 Å². The summed E-state index contributed by atoms with van der Waals surface area (Å²) in [7, 11) is 1.36. The molecule has 0 bridgehead atoms. The number of carbonyl (C=O) groups excluding carboxylic acids is 2. The van der Waals surface area contributed by atoms with E-state index in [9.17, 15) is 9.59 Å². The van der Waals surface area contributed by atoms with Crippen LogP contribution in [0.15, 0.2) is 0 Å². The van der Waals surface area contributed by atoms with Crippen LogP contribution in [0.3, 0.4) is 0 Å². The second-order valence-electron chi connectivity index (χ2n) is 5.16. The third-order valence-corrected chi connectivity index (χ3v) is 4.62. The number of hydrogen-bond donors (Lipinski definition) is 0. The average molecular weight is 224 g/mol. The Hall–Kier alpha value is -1.06. The molecule has 0 unspecified atom stereocenters. The standard InChI is InChI=1S/C12H16O4/c1-15-10(13)12-6-5-7-3-2-4-8(9(7)12)16-11(12)14/h7-9H,2-6H2,1H3/t7-,8-,9+,12+/m0/s1. The van der Waals surface area contributed by atoms with E-state index in [1.165, 1.54) is 7.11 Å². The molecule has 2 saturated carbocycles. The Bertz CT molecular complexity index is 351. The van der Waals surface area contributed by atoms with Gasteiger partial charge in [0.2, 0.25) is 0 Å². The minimum atomic E-state index is -0.954. The van der Waals surface area contributed by atoms with Crippen molar-refractivity contribution in [3.8, 4) is 0 Å². The predicted octanol–water partition coefficient (Wildman–Crippen LogP) is 1.28. The number of hydrogen-bond acceptors (Lipinski definition) is 4. The third kappa shape index (κ3) is 1.00. The molecule has 0 radical (unpaired) electrons. The van der Waals surface area contributed by atoms with Gasteiger partial charge in [0.15, 0.2) is 5.41 Å². The fourth-order valence-electron chi connectivity index (χ4n) is 3.98. The summed E-state index contributed by atoms with van der Waals surface area (Å²) in [5, 5.41) is 0. The van der Waals surface area contributed by atoms with Gasteiger partial charge in [-0.15, -0.1) is 0 Å². The molecule has 0 amide bonds. The molecule has 2 aliphatic carbocycles. The van der Waals surface area contributed by atoms with Gasteiger partial charge >= 0.3 is 11.9 Å². The van der Waals surface area contributed by atoms with Gasteiger partial charge in [-0.1, -0.05) is 0 Å². The molecule has 4 nitrogen and oxygen atoms in total. The minimum Gasteiger partial charge on any atom is -0.468 e. The molecule has 0 aromatic carbocycles. The van der Waals surface area contributed by atoms with Gasteiger partial charge in [-0.3, -0.25) is 9.59 Å². The highest BCUT2D eigenvalue weighted by Crippen LogP contribution is 2.59. The lowest BCUT2D eigenvalue weighted by molar-refractivity contribution is -0.164. The van der Waals surface area contributed by atoms with Crippen molar-refractivity contribution in [2.24, 2.45) is 17.3 Å². The number of methoxy groups -OCH3 is 1. The first-order valence-electron chi connectivity index (χ1n) is 5.99. The highest BCUT2D eigenvalue weighted by molar-refractivity contribution is 6.02. The van der Waals surface area contributed by atoms with Crippen LogP contribution in [0, 0.1) is 17.3 Å². The summed E-state index contributed by atoms with van der Waals surface area (Å²) < 4.78 is 10.2.